The van der Waals surface area contributed by atoms with Crippen LogP contribution in [0.2, 0.25) is 0 Å². The molecule has 1 aliphatic heterocycles. The number of rotatable bonds is 5. The van der Waals surface area contributed by atoms with Gasteiger partial charge in [0.1, 0.15) is 18.2 Å². The Balaban J connectivity index is 2.38. The van der Waals surface area contributed by atoms with Crippen LogP contribution >= 0.6 is 0 Å². The van der Waals surface area contributed by atoms with Crippen molar-refractivity contribution in [2.24, 2.45) is 10.9 Å². The summed E-state index contributed by atoms with van der Waals surface area (Å²) in [7, 11) is 1.39. The second-order valence-electron chi connectivity index (χ2n) is 6.12. The van der Waals surface area contributed by atoms with E-state index in [0.29, 0.717) is 12.1 Å². The summed E-state index contributed by atoms with van der Waals surface area (Å²) in [5.41, 5.74) is 2.33. The zero-order valence-electron chi connectivity index (χ0n) is 14.8. The molecule has 0 saturated carbocycles. The molecule has 1 aromatic carbocycles. The fourth-order valence-electron chi connectivity index (χ4n) is 2.68. The summed E-state index contributed by atoms with van der Waals surface area (Å²) in [6, 6.07) is 5.04. The van der Waals surface area contributed by atoms with Crippen molar-refractivity contribution in [2.75, 3.05) is 20.2 Å². The Hall–Kier alpha value is -2.17. The van der Waals surface area contributed by atoms with Gasteiger partial charge in [0.05, 0.1) is 12.8 Å². The van der Waals surface area contributed by atoms with E-state index < -0.39 is 0 Å². The molecule has 1 unspecified atom stereocenters. The van der Waals surface area contributed by atoms with Gasteiger partial charge in [0.25, 0.3) is 0 Å². The van der Waals surface area contributed by atoms with Crippen molar-refractivity contribution >= 4 is 17.5 Å². The van der Waals surface area contributed by atoms with Gasteiger partial charge in [0, 0.05) is 18.0 Å². The molecule has 0 bridgehead atoms. The highest BCUT2D eigenvalue weighted by molar-refractivity contribution is 5.92. The lowest BCUT2D eigenvalue weighted by atomic mass is 10.1. The van der Waals surface area contributed by atoms with Gasteiger partial charge in [-0.25, -0.2) is 9.38 Å². The minimum absolute atomic E-state index is 0.198. The van der Waals surface area contributed by atoms with Crippen molar-refractivity contribution in [3.05, 3.63) is 41.2 Å². The van der Waals surface area contributed by atoms with Crippen LogP contribution in [0.4, 0.5) is 4.39 Å². The van der Waals surface area contributed by atoms with Gasteiger partial charge in [-0.05, 0) is 43.5 Å². The number of benzene rings is 1. The number of carbonyl (C=O) groups excluding carboxylic acids is 1. The van der Waals surface area contributed by atoms with Gasteiger partial charge >= 0.3 is 5.97 Å². The minimum Gasteiger partial charge on any atom is -0.468 e. The van der Waals surface area contributed by atoms with E-state index in [1.54, 1.807) is 13.0 Å². The summed E-state index contributed by atoms with van der Waals surface area (Å²) in [6.45, 7) is 6.85. The van der Waals surface area contributed by atoms with Crippen molar-refractivity contribution in [3.63, 3.8) is 0 Å². The summed E-state index contributed by atoms with van der Waals surface area (Å²) in [5.74, 6) is 0.616. The fraction of sp³-hybridized carbons (Fsp3) is 0.474. The first kappa shape index (κ1) is 18.2. The second kappa shape index (κ2) is 8.08. The van der Waals surface area contributed by atoms with E-state index >= 15 is 0 Å². The molecular formula is C19H25FN2O2. The zero-order valence-corrected chi connectivity index (χ0v) is 14.8. The molecule has 0 amide bonds. The third-order valence-corrected chi connectivity index (χ3v) is 4.35. The second-order valence-corrected chi connectivity index (χ2v) is 6.12. The molecule has 130 valence electrons. The lowest BCUT2D eigenvalue weighted by molar-refractivity contribution is -0.141. The first-order valence-electron chi connectivity index (χ1n) is 8.33. The molecule has 0 saturated heterocycles. The Morgan fingerprint density at radius 2 is 2.21 bits per heavy atom. The predicted molar refractivity (Wildman–Crippen MR) is 94.2 cm³/mol. The van der Waals surface area contributed by atoms with E-state index in [1.165, 1.54) is 13.2 Å². The zero-order chi connectivity index (χ0) is 17.7. The lowest BCUT2D eigenvalue weighted by Gasteiger charge is -2.27. The van der Waals surface area contributed by atoms with Crippen LogP contribution in [0.3, 0.4) is 0 Å². The van der Waals surface area contributed by atoms with E-state index in [1.807, 2.05) is 17.0 Å². The maximum absolute atomic E-state index is 13.5. The predicted octanol–water partition coefficient (Wildman–Crippen LogP) is 3.80. The SMILES string of the molecule is CCC(C)C1=NC(c2ccc(F)c(C)c2)=CCCN1CC(=O)OC. The summed E-state index contributed by atoms with van der Waals surface area (Å²) < 4.78 is 18.3. The van der Waals surface area contributed by atoms with Crippen LogP contribution in [0.1, 0.15) is 37.8 Å². The summed E-state index contributed by atoms with van der Waals surface area (Å²) in [4.78, 5) is 18.5. The number of nitrogens with zero attached hydrogens (tertiary/aromatic N) is 2. The van der Waals surface area contributed by atoms with Crippen LogP contribution in [-0.4, -0.2) is 36.9 Å². The van der Waals surface area contributed by atoms with Gasteiger partial charge in [-0.3, -0.25) is 4.79 Å². The molecule has 24 heavy (non-hydrogen) atoms. The molecule has 0 N–H and O–H groups in total. The number of aliphatic imine (C=N–C) groups is 1. The molecule has 0 fully saturated rings. The molecular weight excluding hydrogens is 307 g/mol. The molecule has 4 nitrogen and oxygen atoms in total. The van der Waals surface area contributed by atoms with Crippen LogP contribution in [0.25, 0.3) is 5.70 Å². The molecule has 0 aliphatic carbocycles. The number of amidine groups is 1. The largest absolute Gasteiger partial charge is 0.468 e. The van der Waals surface area contributed by atoms with Crippen molar-refractivity contribution in [1.82, 2.24) is 4.90 Å². The van der Waals surface area contributed by atoms with Gasteiger partial charge in [-0.1, -0.05) is 19.9 Å². The molecule has 0 aromatic heterocycles. The maximum Gasteiger partial charge on any atom is 0.325 e. The highest BCUT2D eigenvalue weighted by atomic mass is 19.1. The Morgan fingerprint density at radius 3 is 2.83 bits per heavy atom. The molecule has 0 radical (unpaired) electrons. The van der Waals surface area contributed by atoms with Gasteiger partial charge < -0.3 is 9.64 Å². The number of methoxy groups -OCH3 is 1. The van der Waals surface area contributed by atoms with Crippen molar-refractivity contribution in [1.29, 1.82) is 0 Å². The summed E-state index contributed by atoms with van der Waals surface area (Å²) >= 11 is 0. The molecule has 1 atom stereocenters. The molecule has 1 aliphatic rings. The monoisotopic (exact) mass is 332 g/mol. The van der Waals surface area contributed by atoms with E-state index in [-0.39, 0.29) is 24.2 Å². The number of hydrogen-bond acceptors (Lipinski definition) is 4. The quantitative estimate of drug-likeness (QED) is 0.770. The Morgan fingerprint density at radius 1 is 1.46 bits per heavy atom. The number of esters is 1. The van der Waals surface area contributed by atoms with Crippen molar-refractivity contribution in [2.45, 2.75) is 33.6 Å². The number of hydrogen-bond donors (Lipinski definition) is 0. The summed E-state index contributed by atoms with van der Waals surface area (Å²) in [5, 5.41) is 0. The maximum atomic E-state index is 13.5. The minimum atomic E-state index is -0.271. The van der Waals surface area contributed by atoms with Crippen LogP contribution in [0.15, 0.2) is 29.3 Å². The van der Waals surface area contributed by atoms with E-state index in [0.717, 1.165) is 29.9 Å². The Bertz CT molecular complexity index is 667. The van der Waals surface area contributed by atoms with Gasteiger partial charge in [0.15, 0.2) is 0 Å². The van der Waals surface area contributed by atoms with Crippen molar-refractivity contribution < 1.29 is 13.9 Å². The average Bonchev–Trinajstić information content (AvgIpc) is 2.79. The third kappa shape index (κ3) is 4.22. The first-order valence-corrected chi connectivity index (χ1v) is 8.33. The fourth-order valence-corrected chi connectivity index (χ4v) is 2.68. The Kier molecular flexibility index (Phi) is 6.12. The first-order chi connectivity index (χ1) is 11.5. The van der Waals surface area contributed by atoms with Crippen molar-refractivity contribution in [3.8, 4) is 0 Å². The van der Waals surface area contributed by atoms with Crippen LogP contribution in [-0.2, 0) is 9.53 Å². The van der Waals surface area contributed by atoms with E-state index in [9.17, 15) is 9.18 Å². The lowest BCUT2D eigenvalue weighted by Crippen LogP contribution is -2.39. The number of carbonyl (C=O) groups is 1. The van der Waals surface area contributed by atoms with Gasteiger partial charge in [0.2, 0.25) is 0 Å². The topological polar surface area (TPSA) is 41.9 Å². The molecule has 1 heterocycles. The van der Waals surface area contributed by atoms with E-state index in [2.05, 4.69) is 13.8 Å². The van der Waals surface area contributed by atoms with Crippen LogP contribution in [0, 0.1) is 18.7 Å². The highest BCUT2D eigenvalue weighted by Gasteiger charge is 2.22. The number of aryl methyl sites for hydroxylation is 1. The standard InChI is InChI=1S/C19H25FN2O2/c1-5-13(2)19-21-17(15-8-9-16(20)14(3)11-15)7-6-10-22(19)12-18(23)24-4/h7-9,11,13H,5-6,10,12H2,1-4H3. The smallest absolute Gasteiger partial charge is 0.325 e. The molecule has 5 heteroatoms. The number of halogens is 1. The third-order valence-electron chi connectivity index (χ3n) is 4.35. The van der Waals surface area contributed by atoms with Crippen LogP contribution in [0.5, 0.6) is 0 Å². The molecule has 2 rings (SSSR count). The van der Waals surface area contributed by atoms with Gasteiger partial charge in [-0.15, -0.1) is 0 Å². The number of ether oxygens (including phenoxy) is 1. The van der Waals surface area contributed by atoms with E-state index in [4.69, 9.17) is 9.73 Å². The van der Waals surface area contributed by atoms with Gasteiger partial charge in [-0.2, -0.15) is 0 Å². The Labute approximate surface area is 143 Å². The molecule has 0 spiro atoms. The van der Waals surface area contributed by atoms with Crippen LogP contribution < -0.4 is 0 Å². The molecule has 1 aromatic rings. The summed E-state index contributed by atoms with van der Waals surface area (Å²) in [6.07, 6.45) is 3.74. The average molecular weight is 332 g/mol. The highest BCUT2D eigenvalue weighted by Crippen LogP contribution is 2.24. The normalized spacial score (nSPS) is 16.1.